The highest BCUT2D eigenvalue weighted by atomic mass is 16.2. The van der Waals surface area contributed by atoms with E-state index in [9.17, 15) is 28.8 Å². The molecule has 0 aromatic heterocycles. The van der Waals surface area contributed by atoms with Crippen LogP contribution in [0.2, 0.25) is 0 Å². The van der Waals surface area contributed by atoms with E-state index in [0.29, 0.717) is 0 Å². The van der Waals surface area contributed by atoms with Gasteiger partial charge < -0.3 is 0 Å². The zero-order valence-corrected chi connectivity index (χ0v) is 14.1. The monoisotopic (exact) mass is 368 g/mol. The summed E-state index contributed by atoms with van der Waals surface area (Å²) in [6.07, 6.45) is 0. The Kier molecular flexibility index (Phi) is 3.02. The summed E-state index contributed by atoms with van der Waals surface area (Å²) in [6.45, 7) is 0. The Hall–Kier alpha value is -4.06. The first-order valence-corrected chi connectivity index (χ1v) is 8.38. The lowest BCUT2D eigenvalue weighted by molar-refractivity contribution is 1.57. The van der Waals surface area contributed by atoms with Crippen molar-refractivity contribution in [3.8, 4) is 0 Å². The molecule has 0 N–H and O–H groups in total. The fraction of sp³-hybridized carbons (Fsp3) is 0. The average molecular weight is 368 g/mol. The van der Waals surface area contributed by atoms with Gasteiger partial charge in [-0.1, -0.05) is 48.5 Å². The van der Waals surface area contributed by atoms with Gasteiger partial charge in [0, 0.05) is 21.5 Å². The molecule has 0 aliphatic carbocycles. The minimum atomic E-state index is -1.05. The van der Waals surface area contributed by atoms with E-state index in [1.165, 1.54) is 48.5 Å². The zero-order valence-electron chi connectivity index (χ0n) is 14.1. The molecule has 5 aromatic rings. The van der Waals surface area contributed by atoms with Crippen molar-refractivity contribution >= 4 is 43.1 Å². The minimum absolute atomic E-state index is 0.00793. The van der Waals surface area contributed by atoms with E-state index in [1.807, 2.05) is 0 Å². The summed E-state index contributed by atoms with van der Waals surface area (Å²) >= 11 is 0. The lowest BCUT2D eigenvalue weighted by Gasteiger charge is -2.03. The van der Waals surface area contributed by atoms with Crippen LogP contribution < -0.4 is 32.6 Å². The second kappa shape index (κ2) is 5.23. The van der Waals surface area contributed by atoms with E-state index in [-0.39, 0.29) is 21.5 Å². The Bertz CT molecular complexity index is 1560. The third-order valence-electron chi connectivity index (χ3n) is 5.15. The molecule has 0 unspecified atom stereocenters. The summed E-state index contributed by atoms with van der Waals surface area (Å²) in [4.78, 5) is 77.5. The molecule has 0 atom stereocenters. The number of benzene rings is 5. The molecular formula is C22H8O6. The van der Waals surface area contributed by atoms with E-state index in [1.54, 1.807) is 0 Å². The smallest absolute Gasteiger partial charge is 0.202 e. The van der Waals surface area contributed by atoms with Crippen LogP contribution in [0.3, 0.4) is 0 Å². The van der Waals surface area contributed by atoms with Gasteiger partial charge >= 0.3 is 0 Å². The Balaban J connectivity index is 2.32. The number of rotatable bonds is 0. The minimum Gasteiger partial charge on any atom is -0.288 e. The van der Waals surface area contributed by atoms with Crippen molar-refractivity contribution < 1.29 is 0 Å². The topological polar surface area (TPSA) is 102 Å². The molecule has 0 aliphatic rings. The summed E-state index contributed by atoms with van der Waals surface area (Å²) < 4.78 is 0. The van der Waals surface area contributed by atoms with Crippen molar-refractivity contribution in [3.05, 3.63) is 110 Å². The molecular weight excluding hydrogens is 360 g/mol. The highest BCUT2D eigenvalue weighted by Gasteiger charge is 2.23. The highest BCUT2D eigenvalue weighted by molar-refractivity contribution is 6.07. The maximum atomic E-state index is 13.1. The normalized spacial score (nSPS) is 11.7. The molecule has 0 fully saturated rings. The van der Waals surface area contributed by atoms with Crippen LogP contribution in [0.15, 0.2) is 77.3 Å². The molecule has 0 saturated heterocycles. The molecule has 5 rings (SSSR count). The van der Waals surface area contributed by atoms with Crippen LogP contribution >= 0.6 is 0 Å². The largest absolute Gasteiger partial charge is 0.288 e. The number of hydrogen-bond acceptors (Lipinski definition) is 6. The quantitative estimate of drug-likeness (QED) is 0.374. The maximum absolute atomic E-state index is 13.1. The zero-order chi connectivity index (χ0) is 19.7. The Morgan fingerprint density at radius 3 is 0.750 bits per heavy atom. The SMILES string of the molecule is O=c1c2ccccc2c(=O)c2c(=O)c3c(=O)c4ccccc4c(=O)c3c(=O)c12. The molecule has 132 valence electrons. The standard InChI is InChI=1S/C22H8O6/c23-17-9-5-1-2-6-10(9)18(24)14-13(17)21(27)15-16(22(14)28)20(26)12-8-4-3-7-11(12)19(15)25/h1-8H. The Morgan fingerprint density at radius 2 is 0.536 bits per heavy atom. The lowest BCUT2D eigenvalue weighted by Crippen LogP contribution is -2.32. The molecule has 0 aliphatic heterocycles. The van der Waals surface area contributed by atoms with Crippen molar-refractivity contribution in [2.75, 3.05) is 0 Å². The first kappa shape index (κ1) is 16.1. The van der Waals surface area contributed by atoms with Gasteiger partial charge in [-0.2, -0.15) is 0 Å². The van der Waals surface area contributed by atoms with Crippen LogP contribution in [-0.4, -0.2) is 0 Å². The van der Waals surface area contributed by atoms with Crippen molar-refractivity contribution in [2.45, 2.75) is 0 Å². The molecule has 0 saturated carbocycles. The molecule has 5 aromatic carbocycles. The fourth-order valence-corrected chi connectivity index (χ4v) is 3.87. The molecule has 6 nitrogen and oxygen atoms in total. The molecule has 0 amide bonds. The number of hydrogen-bond donors (Lipinski definition) is 0. The van der Waals surface area contributed by atoms with Crippen molar-refractivity contribution in [1.29, 1.82) is 0 Å². The summed E-state index contributed by atoms with van der Waals surface area (Å²) in [5.41, 5.74) is -5.29. The molecule has 6 heteroatoms. The third kappa shape index (κ3) is 1.76. The Labute approximate surface area is 153 Å². The van der Waals surface area contributed by atoms with E-state index in [0.717, 1.165) is 0 Å². The van der Waals surface area contributed by atoms with Crippen molar-refractivity contribution in [3.63, 3.8) is 0 Å². The maximum Gasteiger partial charge on any atom is 0.202 e. The van der Waals surface area contributed by atoms with E-state index < -0.39 is 54.1 Å². The van der Waals surface area contributed by atoms with Gasteiger partial charge in [-0.05, 0) is 0 Å². The van der Waals surface area contributed by atoms with E-state index in [4.69, 9.17) is 0 Å². The summed E-state index contributed by atoms with van der Waals surface area (Å²) in [7, 11) is 0. The predicted octanol–water partition coefficient (Wildman–Crippen LogP) is 0.774. The van der Waals surface area contributed by atoms with E-state index in [2.05, 4.69) is 0 Å². The predicted molar refractivity (Wildman–Crippen MR) is 108 cm³/mol. The first-order valence-electron chi connectivity index (χ1n) is 8.38. The second-order valence-corrected chi connectivity index (χ2v) is 6.57. The van der Waals surface area contributed by atoms with Gasteiger partial charge in [0.1, 0.15) is 0 Å². The molecule has 0 radical (unpaired) electrons. The summed E-state index contributed by atoms with van der Waals surface area (Å²) in [6, 6.07) is 11.6. The summed E-state index contributed by atoms with van der Waals surface area (Å²) in [5.74, 6) is 0. The van der Waals surface area contributed by atoms with Crippen LogP contribution in [0.5, 0.6) is 0 Å². The number of fused-ring (bicyclic) bond motifs is 4. The van der Waals surface area contributed by atoms with Crippen LogP contribution in [-0.2, 0) is 0 Å². The van der Waals surface area contributed by atoms with Crippen LogP contribution in [0, 0.1) is 0 Å². The van der Waals surface area contributed by atoms with Gasteiger partial charge in [0.15, 0.2) is 21.7 Å². The van der Waals surface area contributed by atoms with Gasteiger partial charge in [-0.15, -0.1) is 0 Å². The van der Waals surface area contributed by atoms with Gasteiger partial charge in [0.2, 0.25) is 10.9 Å². The van der Waals surface area contributed by atoms with Crippen molar-refractivity contribution in [1.82, 2.24) is 0 Å². The average Bonchev–Trinajstić information content (AvgIpc) is 2.71. The molecule has 0 spiro atoms. The summed E-state index contributed by atoms with van der Waals surface area (Å²) in [5, 5.41) is -2.56. The van der Waals surface area contributed by atoms with Gasteiger partial charge in [-0.3, -0.25) is 28.8 Å². The van der Waals surface area contributed by atoms with Gasteiger partial charge in [0.25, 0.3) is 0 Å². The van der Waals surface area contributed by atoms with Crippen LogP contribution in [0.4, 0.5) is 0 Å². The molecule has 0 heterocycles. The first-order chi connectivity index (χ1) is 13.4. The van der Waals surface area contributed by atoms with Crippen LogP contribution in [0.1, 0.15) is 0 Å². The second-order valence-electron chi connectivity index (χ2n) is 6.57. The van der Waals surface area contributed by atoms with E-state index >= 15 is 0 Å². The molecule has 0 bridgehead atoms. The molecule has 28 heavy (non-hydrogen) atoms. The van der Waals surface area contributed by atoms with Gasteiger partial charge in [0.05, 0.1) is 21.5 Å². The van der Waals surface area contributed by atoms with Crippen molar-refractivity contribution in [2.24, 2.45) is 0 Å². The lowest BCUT2D eigenvalue weighted by atomic mass is 9.95. The van der Waals surface area contributed by atoms with Crippen LogP contribution in [0.25, 0.3) is 43.1 Å². The fourth-order valence-electron chi connectivity index (χ4n) is 3.87. The third-order valence-corrected chi connectivity index (χ3v) is 5.15. The Morgan fingerprint density at radius 1 is 0.321 bits per heavy atom. The van der Waals surface area contributed by atoms with Gasteiger partial charge in [-0.25, -0.2) is 0 Å². The highest BCUT2D eigenvalue weighted by Crippen LogP contribution is 2.13.